The van der Waals surface area contributed by atoms with Crippen LogP contribution < -0.4 is 11.1 Å². The van der Waals surface area contributed by atoms with Gasteiger partial charge in [0.05, 0.1) is 21.9 Å². The van der Waals surface area contributed by atoms with Gasteiger partial charge in [-0.05, 0) is 19.1 Å². The fourth-order valence-electron chi connectivity index (χ4n) is 1.74. The van der Waals surface area contributed by atoms with Crippen molar-refractivity contribution in [2.75, 3.05) is 5.73 Å². The molecule has 106 valence electrons. The standard InChI is InChI=1S/C13H14Cl2N4O/c1-7-9(6-18-19(7)2)5-17-13(20)8-3-10(14)12(15)11(16)4-8/h3-4,6H,5,16H2,1-2H3,(H,17,20). The number of benzene rings is 1. The first-order valence-electron chi connectivity index (χ1n) is 5.90. The van der Waals surface area contributed by atoms with Gasteiger partial charge in [0.1, 0.15) is 0 Å². The molecule has 1 amide bonds. The largest absolute Gasteiger partial charge is 0.397 e. The first-order chi connectivity index (χ1) is 9.40. The summed E-state index contributed by atoms with van der Waals surface area (Å²) in [6, 6.07) is 2.99. The highest BCUT2D eigenvalue weighted by Gasteiger charge is 2.12. The number of aryl methyl sites for hydroxylation is 1. The number of anilines is 1. The second-order valence-corrected chi connectivity index (χ2v) is 5.21. The molecule has 0 radical (unpaired) electrons. The quantitative estimate of drug-likeness (QED) is 0.855. The molecule has 1 aromatic heterocycles. The minimum atomic E-state index is -0.265. The van der Waals surface area contributed by atoms with E-state index >= 15 is 0 Å². The monoisotopic (exact) mass is 312 g/mol. The van der Waals surface area contributed by atoms with Crippen molar-refractivity contribution >= 4 is 34.8 Å². The van der Waals surface area contributed by atoms with E-state index in [0.29, 0.717) is 12.1 Å². The van der Waals surface area contributed by atoms with Gasteiger partial charge in [-0.25, -0.2) is 0 Å². The highest BCUT2D eigenvalue weighted by molar-refractivity contribution is 6.43. The van der Waals surface area contributed by atoms with Crippen LogP contribution in [0.1, 0.15) is 21.6 Å². The highest BCUT2D eigenvalue weighted by Crippen LogP contribution is 2.29. The van der Waals surface area contributed by atoms with Gasteiger partial charge in [-0.1, -0.05) is 23.2 Å². The maximum absolute atomic E-state index is 12.1. The number of hydrogen-bond donors (Lipinski definition) is 2. The van der Waals surface area contributed by atoms with Crippen LogP contribution in [0.5, 0.6) is 0 Å². The van der Waals surface area contributed by atoms with Gasteiger partial charge in [0.15, 0.2) is 0 Å². The number of nitrogens with two attached hydrogens (primary N) is 1. The van der Waals surface area contributed by atoms with Gasteiger partial charge in [-0.15, -0.1) is 0 Å². The number of amides is 1. The Bertz CT molecular complexity index is 643. The maximum Gasteiger partial charge on any atom is 0.251 e. The molecular formula is C13H14Cl2N4O. The lowest BCUT2D eigenvalue weighted by molar-refractivity contribution is 0.0951. The van der Waals surface area contributed by atoms with Crippen molar-refractivity contribution in [3.8, 4) is 0 Å². The maximum atomic E-state index is 12.1. The number of aromatic nitrogens is 2. The first kappa shape index (κ1) is 14.7. The summed E-state index contributed by atoms with van der Waals surface area (Å²) >= 11 is 11.8. The summed E-state index contributed by atoms with van der Waals surface area (Å²) in [6.45, 7) is 2.32. The zero-order chi connectivity index (χ0) is 14.9. The molecule has 1 heterocycles. The summed E-state index contributed by atoms with van der Waals surface area (Å²) in [5.74, 6) is -0.265. The SMILES string of the molecule is Cc1c(CNC(=O)c2cc(N)c(Cl)c(Cl)c2)cnn1C. The zero-order valence-electron chi connectivity index (χ0n) is 11.1. The lowest BCUT2D eigenvalue weighted by Gasteiger charge is -2.08. The Morgan fingerprint density at radius 2 is 2.15 bits per heavy atom. The molecule has 20 heavy (non-hydrogen) atoms. The summed E-state index contributed by atoms with van der Waals surface area (Å²) in [5.41, 5.74) is 8.29. The molecule has 0 saturated heterocycles. The molecule has 0 atom stereocenters. The van der Waals surface area contributed by atoms with Gasteiger partial charge in [0.25, 0.3) is 5.91 Å². The van der Waals surface area contributed by atoms with Crippen LogP contribution in [0, 0.1) is 6.92 Å². The van der Waals surface area contributed by atoms with Crippen LogP contribution in [0.4, 0.5) is 5.69 Å². The molecule has 2 rings (SSSR count). The summed E-state index contributed by atoms with van der Waals surface area (Å²) in [4.78, 5) is 12.1. The Labute approximate surface area is 126 Å². The van der Waals surface area contributed by atoms with Crippen molar-refractivity contribution < 1.29 is 4.79 Å². The van der Waals surface area contributed by atoms with Crippen LogP contribution in [0.25, 0.3) is 0 Å². The van der Waals surface area contributed by atoms with Gasteiger partial charge in [-0.2, -0.15) is 5.10 Å². The average molecular weight is 313 g/mol. The minimum absolute atomic E-state index is 0.256. The lowest BCUT2D eigenvalue weighted by atomic mass is 10.2. The predicted octanol–water partition coefficient (Wildman–Crippen LogP) is 2.55. The van der Waals surface area contributed by atoms with Crippen molar-refractivity contribution in [3.63, 3.8) is 0 Å². The molecule has 0 unspecified atom stereocenters. The Morgan fingerprint density at radius 1 is 1.45 bits per heavy atom. The van der Waals surface area contributed by atoms with E-state index in [1.54, 1.807) is 10.9 Å². The number of nitrogens with zero attached hydrogens (tertiary/aromatic N) is 2. The van der Waals surface area contributed by atoms with Gasteiger partial charge < -0.3 is 11.1 Å². The van der Waals surface area contributed by atoms with Gasteiger partial charge in [0, 0.05) is 30.4 Å². The summed E-state index contributed by atoms with van der Waals surface area (Å²) < 4.78 is 1.75. The summed E-state index contributed by atoms with van der Waals surface area (Å²) in [7, 11) is 1.85. The smallest absolute Gasteiger partial charge is 0.251 e. The third-order valence-electron chi connectivity index (χ3n) is 3.09. The minimum Gasteiger partial charge on any atom is -0.397 e. The summed E-state index contributed by atoms with van der Waals surface area (Å²) in [6.07, 6.45) is 1.72. The second-order valence-electron chi connectivity index (χ2n) is 4.42. The van der Waals surface area contributed by atoms with Crippen LogP contribution in [0.3, 0.4) is 0 Å². The number of carbonyl (C=O) groups excluding carboxylic acids is 1. The zero-order valence-corrected chi connectivity index (χ0v) is 12.6. The fourth-order valence-corrected chi connectivity index (χ4v) is 2.07. The average Bonchev–Trinajstić information content (AvgIpc) is 2.73. The normalized spacial score (nSPS) is 10.6. The molecule has 0 fully saturated rings. The molecule has 0 saturated carbocycles. The molecule has 7 heteroatoms. The topological polar surface area (TPSA) is 72.9 Å². The number of nitrogens with one attached hydrogen (secondary N) is 1. The van der Waals surface area contributed by atoms with E-state index in [1.807, 2.05) is 14.0 Å². The Morgan fingerprint density at radius 3 is 2.70 bits per heavy atom. The van der Waals surface area contributed by atoms with Crippen LogP contribution in [-0.4, -0.2) is 15.7 Å². The molecule has 0 aliphatic heterocycles. The van der Waals surface area contributed by atoms with Crippen molar-refractivity contribution in [2.24, 2.45) is 7.05 Å². The van der Waals surface area contributed by atoms with E-state index < -0.39 is 0 Å². The predicted molar refractivity (Wildman–Crippen MR) is 80.0 cm³/mol. The Hall–Kier alpha value is -1.72. The number of nitrogen functional groups attached to an aromatic ring is 1. The van der Waals surface area contributed by atoms with E-state index in [-0.39, 0.29) is 21.6 Å². The Balaban J connectivity index is 2.11. The van der Waals surface area contributed by atoms with Crippen molar-refractivity contribution in [2.45, 2.75) is 13.5 Å². The number of carbonyl (C=O) groups is 1. The second kappa shape index (κ2) is 5.73. The van der Waals surface area contributed by atoms with Crippen LogP contribution in [0.2, 0.25) is 10.0 Å². The van der Waals surface area contributed by atoms with E-state index in [9.17, 15) is 4.79 Å². The molecule has 0 aliphatic carbocycles. The first-order valence-corrected chi connectivity index (χ1v) is 6.66. The van der Waals surface area contributed by atoms with Crippen molar-refractivity contribution in [1.82, 2.24) is 15.1 Å². The van der Waals surface area contributed by atoms with E-state index in [1.165, 1.54) is 12.1 Å². The molecular weight excluding hydrogens is 299 g/mol. The molecule has 0 aliphatic rings. The molecule has 5 nitrogen and oxygen atoms in total. The van der Waals surface area contributed by atoms with E-state index in [2.05, 4.69) is 10.4 Å². The number of halogens is 2. The molecule has 2 aromatic rings. The van der Waals surface area contributed by atoms with Crippen molar-refractivity contribution in [1.29, 1.82) is 0 Å². The fraction of sp³-hybridized carbons (Fsp3) is 0.231. The summed E-state index contributed by atoms with van der Waals surface area (Å²) in [5, 5.41) is 7.42. The number of hydrogen-bond acceptors (Lipinski definition) is 3. The molecule has 0 bridgehead atoms. The highest BCUT2D eigenvalue weighted by atomic mass is 35.5. The lowest BCUT2D eigenvalue weighted by Crippen LogP contribution is -2.23. The third kappa shape index (κ3) is 2.89. The van der Waals surface area contributed by atoms with Gasteiger partial charge in [-0.3, -0.25) is 9.48 Å². The molecule has 0 spiro atoms. The molecule has 1 aromatic carbocycles. The van der Waals surface area contributed by atoms with Crippen LogP contribution in [-0.2, 0) is 13.6 Å². The van der Waals surface area contributed by atoms with Gasteiger partial charge >= 0.3 is 0 Å². The van der Waals surface area contributed by atoms with Gasteiger partial charge in [0.2, 0.25) is 0 Å². The van der Waals surface area contributed by atoms with E-state index in [4.69, 9.17) is 28.9 Å². The Kier molecular flexibility index (Phi) is 4.20. The van der Waals surface area contributed by atoms with E-state index in [0.717, 1.165) is 11.3 Å². The number of rotatable bonds is 3. The molecule has 3 N–H and O–H groups in total. The van der Waals surface area contributed by atoms with Crippen LogP contribution >= 0.6 is 23.2 Å². The van der Waals surface area contributed by atoms with Crippen molar-refractivity contribution in [3.05, 3.63) is 45.2 Å². The third-order valence-corrected chi connectivity index (χ3v) is 3.91. The van der Waals surface area contributed by atoms with Crippen LogP contribution in [0.15, 0.2) is 18.3 Å².